The van der Waals surface area contributed by atoms with Gasteiger partial charge in [-0.05, 0) is 57.6 Å². The van der Waals surface area contributed by atoms with Crippen molar-refractivity contribution in [2.75, 3.05) is 19.1 Å². The molecule has 31 heavy (non-hydrogen) atoms. The third-order valence-electron chi connectivity index (χ3n) is 6.18. The van der Waals surface area contributed by atoms with Crippen molar-refractivity contribution >= 4 is 11.8 Å². The molecule has 7 heteroatoms. The first kappa shape index (κ1) is 25.7. The number of H-pyrrole nitrogens is 1. The standard InChI is InChI=1S/C22H35N5O.C2H6S/c1-15(2)21-24-25-22(28)27(21)17(4)14-19-11-10-16(3)26(19)13-12-20(23)18-8-6-5-7-9-18;1-3-2/h5-9,15-17,19-20H,10-14,23H2,1-4H3,(H,25,28);1-2H3. The average Bonchev–Trinajstić information content (AvgIpc) is 3.30. The molecule has 2 aromatic rings. The molecule has 0 bridgehead atoms. The number of likely N-dealkylation sites (tertiary alicyclic amines) is 1. The first-order valence-electron chi connectivity index (χ1n) is 11.4. The molecule has 2 heterocycles. The number of nitrogens with zero attached hydrogens (tertiary/aromatic N) is 3. The van der Waals surface area contributed by atoms with Crippen molar-refractivity contribution in [1.29, 1.82) is 0 Å². The van der Waals surface area contributed by atoms with Gasteiger partial charge in [0.1, 0.15) is 5.82 Å². The van der Waals surface area contributed by atoms with Gasteiger partial charge in [0.15, 0.2) is 0 Å². The second kappa shape index (κ2) is 12.5. The van der Waals surface area contributed by atoms with Gasteiger partial charge in [0, 0.05) is 36.6 Å². The summed E-state index contributed by atoms with van der Waals surface area (Å²) in [4.78, 5) is 14.9. The summed E-state index contributed by atoms with van der Waals surface area (Å²) in [6.45, 7) is 9.59. The lowest BCUT2D eigenvalue weighted by Gasteiger charge is -2.31. The molecule has 3 rings (SSSR count). The number of nitrogens with two attached hydrogens (primary N) is 1. The van der Waals surface area contributed by atoms with Gasteiger partial charge in [0.2, 0.25) is 0 Å². The summed E-state index contributed by atoms with van der Waals surface area (Å²) in [6, 6.07) is 11.6. The van der Waals surface area contributed by atoms with Crippen LogP contribution in [-0.2, 0) is 0 Å². The van der Waals surface area contributed by atoms with Gasteiger partial charge in [-0.1, -0.05) is 44.2 Å². The number of nitrogens with one attached hydrogen (secondary N) is 1. The van der Waals surface area contributed by atoms with Gasteiger partial charge in [-0.3, -0.25) is 9.47 Å². The maximum atomic E-state index is 12.3. The molecule has 1 aromatic carbocycles. The normalized spacial score (nSPS) is 21.0. The number of hydrogen-bond donors (Lipinski definition) is 2. The van der Waals surface area contributed by atoms with Crippen molar-refractivity contribution in [1.82, 2.24) is 19.7 Å². The molecule has 174 valence electrons. The number of rotatable bonds is 8. The van der Waals surface area contributed by atoms with Gasteiger partial charge >= 0.3 is 5.69 Å². The van der Waals surface area contributed by atoms with Gasteiger partial charge in [-0.25, -0.2) is 9.89 Å². The van der Waals surface area contributed by atoms with Crippen molar-refractivity contribution < 1.29 is 0 Å². The summed E-state index contributed by atoms with van der Waals surface area (Å²) < 4.78 is 1.85. The summed E-state index contributed by atoms with van der Waals surface area (Å²) in [5.74, 6) is 1.07. The highest BCUT2D eigenvalue weighted by atomic mass is 32.2. The molecular formula is C24H41N5OS. The molecule has 0 radical (unpaired) electrons. The van der Waals surface area contributed by atoms with Crippen LogP contribution in [0.1, 0.15) is 82.8 Å². The molecule has 1 fully saturated rings. The van der Waals surface area contributed by atoms with E-state index in [0.29, 0.717) is 12.1 Å². The molecule has 4 unspecified atom stereocenters. The highest BCUT2D eigenvalue weighted by molar-refractivity contribution is 7.97. The zero-order chi connectivity index (χ0) is 23.0. The Bertz CT molecular complexity index is 819. The van der Waals surface area contributed by atoms with Crippen LogP contribution in [0.4, 0.5) is 0 Å². The maximum absolute atomic E-state index is 12.3. The Hall–Kier alpha value is -1.57. The smallest absolute Gasteiger partial charge is 0.324 e. The van der Waals surface area contributed by atoms with Crippen molar-refractivity contribution in [3.63, 3.8) is 0 Å². The van der Waals surface area contributed by atoms with Gasteiger partial charge in [0.25, 0.3) is 0 Å². The summed E-state index contributed by atoms with van der Waals surface area (Å²) in [7, 11) is 0. The van der Waals surface area contributed by atoms with Crippen LogP contribution < -0.4 is 11.4 Å². The van der Waals surface area contributed by atoms with Crippen LogP contribution in [0.2, 0.25) is 0 Å². The number of aromatic amines is 1. The molecule has 1 aromatic heterocycles. The molecule has 1 saturated heterocycles. The Balaban J connectivity index is 0.00000107. The summed E-state index contributed by atoms with van der Waals surface area (Å²) >= 11 is 1.75. The van der Waals surface area contributed by atoms with Crippen molar-refractivity contribution in [2.45, 2.75) is 83.5 Å². The Morgan fingerprint density at radius 3 is 2.45 bits per heavy atom. The van der Waals surface area contributed by atoms with Gasteiger partial charge < -0.3 is 5.73 Å². The van der Waals surface area contributed by atoms with E-state index in [9.17, 15) is 4.79 Å². The van der Waals surface area contributed by atoms with Crippen molar-refractivity contribution in [3.8, 4) is 0 Å². The zero-order valence-corrected chi connectivity index (χ0v) is 20.9. The first-order chi connectivity index (χ1) is 14.8. The summed E-state index contributed by atoms with van der Waals surface area (Å²) in [5, 5.41) is 6.86. The van der Waals surface area contributed by atoms with Gasteiger partial charge in [-0.2, -0.15) is 16.9 Å². The number of benzene rings is 1. The minimum Gasteiger partial charge on any atom is -0.324 e. The molecule has 6 nitrogen and oxygen atoms in total. The van der Waals surface area contributed by atoms with E-state index in [1.165, 1.54) is 18.4 Å². The largest absolute Gasteiger partial charge is 0.343 e. The van der Waals surface area contributed by atoms with Crippen LogP contribution in [0.15, 0.2) is 35.1 Å². The Morgan fingerprint density at radius 1 is 1.19 bits per heavy atom. The van der Waals surface area contributed by atoms with Gasteiger partial charge in [-0.15, -0.1) is 0 Å². The van der Waals surface area contributed by atoms with E-state index in [-0.39, 0.29) is 23.7 Å². The Morgan fingerprint density at radius 2 is 1.84 bits per heavy atom. The lowest BCUT2D eigenvalue weighted by atomic mass is 10.0. The predicted octanol–water partition coefficient (Wildman–Crippen LogP) is 4.57. The molecule has 1 aliphatic heterocycles. The van der Waals surface area contributed by atoms with E-state index in [4.69, 9.17) is 5.73 Å². The summed E-state index contributed by atoms with van der Waals surface area (Å²) in [6.07, 6.45) is 8.37. The zero-order valence-electron chi connectivity index (χ0n) is 20.0. The summed E-state index contributed by atoms with van der Waals surface area (Å²) in [5.41, 5.74) is 7.53. The molecule has 0 aliphatic carbocycles. The fourth-order valence-corrected chi connectivity index (χ4v) is 4.59. The van der Waals surface area contributed by atoms with E-state index >= 15 is 0 Å². The fraction of sp³-hybridized carbons (Fsp3) is 0.667. The number of aromatic nitrogens is 3. The Labute approximate surface area is 192 Å². The van der Waals surface area contributed by atoms with E-state index in [1.807, 2.05) is 35.3 Å². The minimum atomic E-state index is -0.0973. The first-order valence-corrected chi connectivity index (χ1v) is 13.1. The van der Waals surface area contributed by atoms with Crippen LogP contribution in [-0.4, -0.2) is 50.8 Å². The quantitative estimate of drug-likeness (QED) is 0.620. The predicted molar refractivity (Wildman–Crippen MR) is 133 cm³/mol. The molecule has 0 amide bonds. The van der Waals surface area contributed by atoms with Crippen molar-refractivity contribution in [2.24, 2.45) is 5.73 Å². The Kier molecular flexibility index (Phi) is 10.3. The maximum Gasteiger partial charge on any atom is 0.343 e. The molecule has 3 N–H and O–H groups in total. The van der Waals surface area contributed by atoms with E-state index in [0.717, 1.165) is 25.2 Å². The second-order valence-corrected chi connectivity index (χ2v) is 9.85. The number of thioether (sulfide) groups is 1. The van der Waals surface area contributed by atoms with Crippen LogP contribution in [0, 0.1) is 0 Å². The lowest BCUT2D eigenvalue weighted by molar-refractivity contribution is 0.173. The van der Waals surface area contributed by atoms with Crippen LogP contribution in [0.5, 0.6) is 0 Å². The van der Waals surface area contributed by atoms with Crippen LogP contribution in [0.3, 0.4) is 0 Å². The van der Waals surface area contributed by atoms with E-state index < -0.39 is 0 Å². The highest BCUT2D eigenvalue weighted by Gasteiger charge is 2.32. The van der Waals surface area contributed by atoms with Gasteiger partial charge in [0.05, 0.1) is 0 Å². The molecule has 1 aliphatic rings. The monoisotopic (exact) mass is 447 g/mol. The third-order valence-corrected chi connectivity index (χ3v) is 6.18. The van der Waals surface area contributed by atoms with Crippen LogP contribution in [0.25, 0.3) is 0 Å². The fourth-order valence-electron chi connectivity index (χ4n) is 4.59. The third kappa shape index (κ3) is 6.96. The molecular weight excluding hydrogens is 406 g/mol. The molecule has 0 spiro atoms. The van der Waals surface area contributed by atoms with Crippen molar-refractivity contribution in [3.05, 3.63) is 52.2 Å². The highest BCUT2D eigenvalue weighted by Crippen LogP contribution is 2.31. The average molecular weight is 448 g/mol. The topological polar surface area (TPSA) is 79.9 Å². The molecule has 0 saturated carbocycles. The van der Waals surface area contributed by atoms with Crippen LogP contribution >= 0.6 is 11.8 Å². The minimum absolute atomic E-state index is 0.0658. The lowest BCUT2D eigenvalue weighted by Crippen LogP contribution is -2.38. The van der Waals surface area contributed by atoms with E-state index in [1.54, 1.807) is 11.8 Å². The SMILES string of the molecule is CC(C)c1n[nH]c(=O)n1C(C)CC1CCC(C)N1CCC(N)c1ccccc1.CSC. The number of hydrogen-bond acceptors (Lipinski definition) is 5. The molecule has 4 atom stereocenters. The second-order valence-electron chi connectivity index (χ2n) is 9.03. The van der Waals surface area contributed by atoms with E-state index in [2.05, 4.69) is 54.9 Å².